The molecule has 0 saturated carbocycles. The minimum atomic E-state index is -0.983. The number of likely N-dealkylation sites (tertiary alicyclic amines) is 1. The average Bonchev–Trinajstić information content (AvgIpc) is 3.08. The quantitative estimate of drug-likeness (QED) is 0.0127. The number of nitrogens with one attached hydrogen (secondary N) is 3. The molecule has 468 valence electrons. The number of thiophene rings is 1. The van der Waals surface area contributed by atoms with Crippen LogP contribution < -0.4 is 25.5 Å². The fourth-order valence-electron chi connectivity index (χ4n) is 9.37. The first-order valence-corrected chi connectivity index (χ1v) is 30.6. The van der Waals surface area contributed by atoms with Crippen LogP contribution in [0.15, 0.2) is 126 Å². The lowest BCUT2D eigenvalue weighted by molar-refractivity contribution is -0.144. The lowest BCUT2D eigenvalue weighted by Crippen LogP contribution is -2.58. The molecular formula is C65H76N6O15S2. The number of nitrogens with zero attached hydrogens (tertiary/aromatic N) is 3. The van der Waals surface area contributed by atoms with Crippen molar-refractivity contribution >= 4 is 62.6 Å². The van der Waals surface area contributed by atoms with Gasteiger partial charge in [0.25, 0.3) is 5.91 Å². The molecule has 0 radical (unpaired) electrons. The molecule has 1 aliphatic rings. The Hall–Kier alpha value is -7.84. The number of hydrogen-bond acceptors (Lipinski definition) is 19. The number of carbonyl (C=O) groups excluding carboxylic acids is 4. The van der Waals surface area contributed by atoms with Crippen LogP contribution in [0.1, 0.15) is 67.3 Å². The number of aromatic hydroxyl groups is 2. The molecule has 23 heteroatoms. The Labute approximate surface area is 519 Å². The number of rotatable bonds is 33. The van der Waals surface area contributed by atoms with Crippen molar-refractivity contribution in [3.63, 3.8) is 0 Å². The third-order valence-electron chi connectivity index (χ3n) is 14.0. The summed E-state index contributed by atoms with van der Waals surface area (Å²) in [6, 6.07) is 31.5. The van der Waals surface area contributed by atoms with Crippen LogP contribution in [0.2, 0.25) is 0 Å². The topological polar surface area (TPSA) is 267 Å². The summed E-state index contributed by atoms with van der Waals surface area (Å²) in [7, 11) is 0. The molecule has 0 spiro atoms. The van der Waals surface area contributed by atoms with E-state index in [4.69, 9.17) is 37.9 Å². The van der Waals surface area contributed by atoms with Crippen molar-refractivity contribution in [2.45, 2.75) is 65.3 Å². The summed E-state index contributed by atoms with van der Waals surface area (Å²) >= 11 is 3.01. The minimum Gasteiger partial charge on any atom is -0.508 e. The van der Waals surface area contributed by atoms with Crippen LogP contribution in [0.4, 0.5) is 0 Å². The van der Waals surface area contributed by atoms with Gasteiger partial charge in [-0.3, -0.25) is 19.2 Å². The molecule has 4 atom stereocenters. The number of aliphatic hydroxyl groups is 1. The molecule has 5 aromatic carbocycles. The lowest BCUT2D eigenvalue weighted by atomic mass is 9.85. The van der Waals surface area contributed by atoms with Crippen LogP contribution in [0.25, 0.3) is 31.0 Å². The number of amides is 4. The average molecular weight is 1250 g/mol. The number of aryl methyl sites for hydroxylation is 1. The van der Waals surface area contributed by atoms with E-state index in [1.165, 1.54) is 22.5 Å². The highest BCUT2D eigenvalue weighted by molar-refractivity contribution is 7.22. The second kappa shape index (κ2) is 32.9. The van der Waals surface area contributed by atoms with E-state index in [-0.39, 0.29) is 56.2 Å². The summed E-state index contributed by atoms with van der Waals surface area (Å²) in [6.45, 7) is 13.0. The van der Waals surface area contributed by atoms with Crippen LogP contribution >= 0.6 is 22.7 Å². The Morgan fingerprint density at radius 1 is 0.716 bits per heavy atom. The number of benzene rings is 5. The van der Waals surface area contributed by atoms with Crippen LogP contribution in [-0.4, -0.2) is 166 Å². The Morgan fingerprint density at radius 3 is 1.94 bits per heavy atom. The summed E-state index contributed by atoms with van der Waals surface area (Å²) < 4.78 is 46.4. The summed E-state index contributed by atoms with van der Waals surface area (Å²) in [4.78, 5) is 61.3. The largest absolute Gasteiger partial charge is 0.508 e. The maximum absolute atomic E-state index is 14.0. The fourth-order valence-corrected chi connectivity index (χ4v) is 11.3. The highest BCUT2D eigenvalue weighted by Crippen LogP contribution is 2.47. The number of thiazole rings is 1. The summed E-state index contributed by atoms with van der Waals surface area (Å²) in [5, 5.41) is 41.3. The zero-order valence-corrected chi connectivity index (χ0v) is 51.6. The van der Waals surface area contributed by atoms with Crippen molar-refractivity contribution in [2.24, 2.45) is 10.5 Å². The van der Waals surface area contributed by atoms with Gasteiger partial charge in [0.05, 0.1) is 112 Å². The van der Waals surface area contributed by atoms with Gasteiger partial charge in [0.1, 0.15) is 48.3 Å². The third-order valence-corrected chi connectivity index (χ3v) is 16.1. The van der Waals surface area contributed by atoms with Gasteiger partial charge < -0.3 is 68.7 Å². The zero-order valence-electron chi connectivity index (χ0n) is 49.9. The van der Waals surface area contributed by atoms with Gasteiger partial charge in [-0.1, -0.05) is 51.1 Å². The normalized spacial score (nSPS) is 14.9. The number of β-amino-alcohol motifs (C(OH)–C–C–N with tert-alkyl or cyclic N) is 1. The van der Waals surface area contributed by atoms with Gasteiger partial charge in [-0.05, 0) is 126 Å². The van der Waals surface area contributed by atoms with Gasteiger partial charge in [-0.2, -0.15) is 5.10 Å². The van der Waals surface area contributed by atoms with E-state index in [1.54, 1.807) is 90.2 Å². The molecule has 0 bridgehead atoms. The van der Waals surface area contributed by atoms with E-state index in [1.807, 2.05) is 76.5 Å². The minimum absolute atomic E-state index is 0.0315. The molecule has 8 rings (SSSR count). The predicted molar refractivity (Wildman–Crippen MR) is 335 cm³/mol. The fraction of sp³-hybridized carbons (Fsp3) is 0.385. The number of hydrogen-bond donors (Lipinski definition) is 6. The smallest absolute Gasteiger partial charge is 0.271 e. The molecule has 4 amide bonds. The number of ether oxygens (including phenoxy) is 8. The van der Waals surface area contributed by atoms with E-state index in [9.17, 15) is 34.5 Å². The van der Waals surface area contributed by atoms with Gasteiger partial charge in [0.2, 0.25) is 17.7 Å². The Kier molecular flexibility index (Phi) is 24.8. The molecule has 21 nitrogen and oxygen atoms in total. The molecule has 88 heavy (non-hydrogen) atoms. The first kappa shape index (κ1) is 66.1. The van der Waals surface area contributed by atoms with E-state index >= 15 is 0 Å². The maximum atomic E-state index is 14.0. The first-order valence-electron chi connectivity index (χ1n) is 28.9. The third kappa shape index (κ3) is 19.6. The van der Waals surface area contributed by atoms with E-state index in [0.717, 1.165) is 47.8 Å². The van der Waals surface area contributed by atoms with Crippen molar-refractivity contribution < 1.29 is 72.4 Å². The molecule has 3 heterocycles. The van der Waals surface area contributed by atoms with Crippen molar-refractivity contribution in [3.8, 4) is 49.6 Å². The van der Waals surface area contributed by atoms with Crippen LogP contribution in [0, 0.1) is 12.3 Å². The monoisotopic (exact) mass is 1240 g/mol. The van der Waals surface area contributed by atoms with Crippen molar-refractivity contribution in [2.75, 3.05) is 92.4 Å². The SMILES string of the molecule is Cc1ncsc1-c1ccc(C(C)NC(=O)C2CC(O)CN2C(=O)C(NC(=O)COCCOCCOCCOCCOCCOCCOc2ccc(C=NNC(=O)c3cccc(Oc4c(-c5ccc(O)cc5)sc5cc(O)ccc45)c3)cc2)C(C)(C)C)cc1. The molecule has 4 unspecified atom stereocenters. The molecule has 2 aromatic heterocycles. The molecular weight excluding hydrogens is 1170 g/mol. The van der Waals surface area contributed by atoms with Crippen molar-refractivity contribution in [1.29, 1.82) is 0 Å². The van der Waals surface area contributed by atoms with Crippen molar-refractivity contribution in [1.82, 2.24) is 25.9 Å². The molecule has 6 N–H and O–H groups in total. The number of hydrazone groups is 1. The first-order chi connectivity index (χ1) is 42.5. The second-order valence-corrected chi connectivity index (χ2v) is 23.6. The number of phenolic OH excluding ortho intramolecular Hbond substituents is 2. The number of carbonyl (C=O) groups is 4. The van der Waals surface area contributed by atoms with E-state index < -0.39 is 41.3 Å². The summed E-state index contributed by atoms with van der Waals surface area (Å²) in [6.07, 6.45) is 0.721. The molecule has 1 fully saturated rings. The summed E-state index contributed by atoms with van der Waals surface area (Å²) in [5.74, 6) is 0.167. The van der Waals surface area contributed by atoms with E-state index in [2.05, 4.69) is 26.1 Å². The Bertz CT molecular complexity index is 3410. The second-order valence-electron chi connectivity index (χ2n) is 21.7. The van der Waals surface area contributed by atoms with Crippen LogP contribution in [0.5, 0.6) is 28.7 Å². The Balaban J connectivity index is 0.608. The zero-order chi connectivity index (χ0) is 62.4. The number of aromatic nitrogens is 1. The van der Waals surface area contributed by atoms with Crippen molar-refractivity contribution in [3.05, 3.63) is 143 Å². The van der Waals surface area contributed by atoms with Crippen LogP contribution in [-0.2, 0) is 42.8 Å². The molecule has 7 aromatic rings. The van der Waals surface area contributed by atoms with Gasteiger partial charge in [-0.25, -0.2) is 10.4 Å². The predicted octanol–water partition coefficient (Wildman–Crippen LogP) is 8.82. The lowest BCUT2D eigenvalue weighted by Gasteiger charge is -2.35. The van der Waals surface area contributed by atoms with Crippen LogP contribution in [0.3, 0.4) is 0 Å². The van der Waals surface area contributed by atoms with Gasteiger partial charge in [0.15, 0.2) is 5.75 Å². The summed E-state index contributed by atoms with van der Waals surface area (Å²) in [5.41, 5.74) is 8.46. The Morgan fingerprint density at radius 2 is 1.32 bits per heavy atom. The number of fused-ring (bicyclic) bond motifs is 1. The molecule has 0 aliphatic carbocycles. The number of aliphatic hydroxyl groups excluding tert-OH is 1. The maximum Gasteiger partial charge on any atom is 0.271 e. The molecule has 1 aliphatic heterocycles. The van der Waals surface area contributed by atoms with Gasteiger partial charge >= 0.3 is 0 Å². The number of phenols is 2. The van der Waals surface area contributed by atoms with E-state index in [0.29, 0.717) is 88.9 Å². The highest BCUT2D eigenvalue weighted by Gasteiger charge is 2.45. The highest BCUT2D eigenvalue weighted by atomic mass is 32.1. The van der Waals surface area contributed by atoms with Gasteiger partial charge in [-0.15, -0.1) is 22.7 Å². The van der Waals surface area contributed by atoms with Gasteiger partial charge in [0, 0.05) is 28.6 Å². The molecule has 1 saturated heterocycles. The standard InChI is InChI=1S/C65H76N6O15S2/c1-42(45-11-13-46(14-12-45)59-43(2)66-41-87-59)68-63(77)55-36-51(74)39-71(55)64(78)61(65(3,4)5)69-57(75)40-84-32-31-82-28-27-80-24-23-79-25-26-81-29-30-83-33-34-85-52-20-9-44(10-21-52)38-67-70-62(76)48-7-6-8-53(35-48)86-58-54-22-19-50(73)37-56(54)88-60(58)47-15-17-49(72)18-16-47/h6-22,35,37-38,41-42,51,55,61,72-74H,23-34,36,39-40H2,1-5H3,(H,68,77)(H,69,75)(H,70,76).